The highest BCUT2D eigenvalue weighted by molar-refractivity contribution is 7.81. The normalized spacial score (nSPS) is 14.5. The molecular formula is C28H24FN5O5S. The number of nitriles is 1. The summed E-state index contributed by atoms with van der Waals surface area (Å²) in [6, 6.07) is 12.3. The minimum atomic E-state index is -5.25. The third-order valence-corrected chi connectivity index (χ3v) is 7.56. The van der Waals surface area contributed by atoms with Gasteiger partial charge in [0, 0.05) is 34.3 Å². The Labute approximate surface area is 228 Å². The first-order valence-corrected chi connectivity index (χ1v) is 14.1. The van der Waals surface area contributed by atoms with Crippen molar-refractivity contribution >= 4 is 43.3 Å². The molecule has 0 bridgehead atoms. The lowest BCUT2D eigenvalue weighted by Crippen LogP contribution is -2.30. The van der Waals surface area contributed by atoms with Crippen LogP contribution in [0.4, 0.5) is 3.89 Å². The summed E-state index contributed by atoms with van der Waals surface area (Å²) in [5.41, 5.74) is 3.25. The van der Waals surface area contributed by atoms with Gasteiger partial charge in [-0.05, 0) is 63.2 Å². The van der Waals surface area contributed by atoms with Crippen LogP contribution in [0.15, 0.2) is 53.6 Å². The van der Waals surface area contributed by atoms with Crippen molar-refractivity contribution < 1.29 is 21.2 Å². The Morgan fingerprint density at radius 3 is 2.67 bits per heavy atom. The first-order valence-electron chi connectivity index (χ1n) is 12.8. The first kappa shape index (κ1) is 25.8. The summed E-state index contributed by atoms with van der Waals surface area (Å²) < 4.78 is 47.9. The lowest BCUT2D eigenvalue weighted by atomic mass is 9.99. The number of nitrogens with zero attached hydrogens (tertiary/aromatic N) is 3. The molecule has 5 aromatic rings. The van der Waals surface area contributed by atoms with Crippen LogP contribution in [0.25, 0.3) is 44.0 Å². The zero-order chi connectivity index (χ0) is 28.0. The predicted molar refractivity (Wildman–Crippen MR) is 148 cm³/mol. The Hall–Kier alpha value is -4.47. The third-order valence-electron chi connectivity index (χ3n) is 7.17. The maximum atomic E-state index is 14.1. The van der Waals surface area contributed by atoms with Gasteiger partial charge in [0.15, 0.2) is 11.2 Å². The minimum Gasteiger partial charge on any atom is -0.493 e. The fourth-order valence-electron chi connectivity index (χ4n) is 5.54. The van der Waals surface area contributed by atoms with Crippen LogP contribution in [0.1, 0.15) is 31.4 Å². The van der Waals surface area contributed by atoms with Crippen LogP contribution in [0.5, 0.6) is 11.5 Å². The summed E-state index contributed by atoms with van der Waals surface area (Å²) in [6.07, 6.45) is 4.23. The molecule has 40 heavy (non-hydrogen) atoms. The van der Waals surface area contributed by atoms with Crippen LogP contribution < -0.4 is 19.7 Å². The molecule has 2 aromatic carbocycles. The molecule has 1 fully saturated rings. The number of ether oxygens (including phenoxy) is 1. The summed E-state index contributed by atoms with van der Waals surface area (Å²) >= 11 is 0. The number of piperidine rings is 1. The van der Waals surface area contributed by atoms with Gasteiger partial charge in [-0.3, -0.25) is 9.78 Å². The molecule has 204 valence electrons. The molecule has 12 heteroatoms. The van der Waals surface area contributed by atoms with Crippen LogP contribution in [-0.4, -0.2) is 42.6 Å². The summed E-state index contributed by atoms with van der Waals surface area (Å²) in [7, 11) is -5.25. The molecule has 0 radical (unpaired) electrons. The van der Waals surface area contributed by atoms with Gasteiger partial charge in [0.1, 0.15) is 11.4 Å². The molecule has 6 rings (SSSR count). The topological polar surface area (TPSA) is 139 Å². The lowest BCUT2D eigenvalue weighted by molar-refractivity contribution is 0.342. The zero-order valence-electron chi connectivity index (χ0n) is 21.4. The van der Waals surface area contributed by atoms with E-state index in [9.17, 15) is 22.4 Å². The number of hydrogen-bond donors (Lipinski definition) is 2. The molecule has 0 amide bonds. The molecular weight excluding hydrogens is 537 g/mol. The second-order valence-electron chi connectivity index (χ2n) is 9.59. The smallest absolute Gasteiger partial charge is 0.488 e. The largest absolute Gasteiger partial charge is 0.493 e. The summed E-state index contributed by atoms with van der Waals surface area (Å²) in [6.45, 7) is 3.73. The van der Waals surface area contributed by atoms with Crippen molar-refractivity contribution in [2.24, 2.45) is 0 Å². The molecule has 1 aliphatic rings. The van der Waals surface area contributed by atoms with Gasteiger partial charge in [0.05, 0.1) is 40.7 Å². The molecule has 1 aliphatic heterocycles. The minimum absolute atomic E-state index is 0.0608. The average Bonchev–Trinajstić information content (AvgIpc) is 3.31. The zero-order valence-corrected chi connectivity index (χ0v) is 22.2. The second kappa shape index (κ2) is 9.93. The van der Waals surface area contributed by atoms with Crippen molar-refractivity contribution in [2.75, 3.05) is 19.7 Å². The van der Waals surface area contributed by atoms with Gasteiger partial charge in [0.25, 0.3) is 0 Å². The summed E-state index contributed by atoms with van der Waals surface area (Å²) in [5.74, 6) is 0.0923. The Balaban J connectivity index is 1.70. The van der Waals surface area contributed by atoms with Crippen molar-refractivity contribution in [3.05, 3.63) is 64.6 Å². The first-order chi connectivity index (χ1) is 19.3. The maximum Gasteiger partial charge on any atom is 0.488 e. The Bertz CT molecular complexity index is 2010. The van der Waals surface area contributed by atoms with Crippen molar-refractivity contribution in [1.29, 1.82) is 5.26 Å². The van der Waals surface area contributed by atoms with E-state index < -0.39 is 10.5 Å². The highest BCUT2D eigenvalue weighted by atomic mass is 32.3. The van der Waals surface area contributed by atoms with Gasteiger partial charge in [-0.1, -0.05) is 9.95 Å². The second-order valence-corrected chi connectivity index (χ2v) is 10.5. The summed E-state index contributed by atoms with van der Waals surface area (Å²) in [4.78, 5) is 21.5. The van der Waals surface area contributed by atoms with Crippen LogP contribution in [0, 0.1) is 11.3 Å². The van der Waals surface area contributed by atoms with Crippen molar-refractivity contribution in [3.63, 3.8) is 0 Å². The van der Waals surface area contributed by atoms with Gasteiger partial charge >= 0.3 is 10.5 Å². The van der Waals surface area contributed by atoms with Crippen LogP contribution in [-0.2, 0) is 10.5 Å². The van der Waals surface area contributed by atoms with Gasteiger partial charge in [-0.15, -0.1) is 0 Å². The van der Waals surface area contributed by atoms with E-state index in [1.165, 1.54) is 12.3 Å². The number of H-pyrrole nitrogens is 1. The number of aromatic nitrogens is 3. The molecule has 0 spiro atoms. The fourth-order valence-corrected chi connectivity index (χ4v) is 5.86. The SMILES string of the molecule is CCOc1cc2c(=O)c3c4ccc(C#N)cc4[nH]c3n(C3CCNCC3)c2cc1-c1cncc(OS(=O)(=O)F)c1. The van der Waals surface area contributed by atoms with E-state index in [1.807, 2.05) is 13.0 Å². The molecule has 2 N–H and O–H groups in total. The van der Waals surface area contributed by atoms with Gasteiger partial charge in [-0.2, -0.15) is 13.7 Å². The number of fused-ring (bicyclic) bond motifs is 4. The van der Waals surface area contributed by atoms with E-state index >= 15 is 0 Å². The monoisotopic (exact) mass is 561 g/mol. The molecule has 10 nitrogen and oxygen atoms in total. The Kier molecular flexibility index (Phi) is 6.40. The van der Waals surface area contributed by atoms with Gasteiger partial charge in [0.2, 0.25) is 0 Å². The molecule has 0 unspecified atom stereocenters. The fraction of sp³-hybridized carbons (Fsp3) is 0.250. The van der Waals surface area contributed by atoms with Gasteiger partial charge in [-0.25, -0.2) is 0 Å². The van der Waals surface area contributed by atoms with E-state index in [0.29, 0.717) is 56.5 Å². The lowest BCUT2D eigenvalue weighted by Gasteiger charge is -2.28. The standard InChI is InChI=1S/C28H24FN5O5S/c1-2-38-25-12-22-24(11-21(25)17-10-19(15-32-14-17)39-40(29,36)37)34(18-5-7-31-8-6-18)28-26(27(22)35)20-4-3-16(13-30)9-23(20)33-28/h3-4,9-12,14-15,18,31,33H,2,5-8H2,1H3. The number of pyridine rings is 2. The number of halogens is 1. The Morgan fingerprint density at radius 1 is 1.15 bits per heavy atom. The van der Waals surface area contributed by atoms with E-state index in [4.69, 9.17) is 4.74 Å². The Morgan fingerprint density at radius 2 is 1.95 bits per heavy atom. The molecule has 0 aliphatic carbocycles. The number of nitrogens with one attached hydrogen (secondary N) is 2. The van der Waals surface area contributed by atoms with E-state index in [1.54, 1.807) is 24.3 Å². The van der Waals surface area contributed by atoms with Crippen molar-refractivity contribution in [2.45, 2.75) is 25.8 Å². The molecule has 1 saturated heterocycles. The average molecular weight is 562 g/mol. The van der Waals surface area contributed by atoms with Crippen molar-refractivity contribution in [3.8, 4) is 28.7 Å². The predicted octanol–water partition coefficient (Wildman–Crippen LogP) is 4.49. The quantitative estimate of drug-likeness (QED) is 0.289. The number of rotatable bonds is 6. The van der Waals surface area contributed by atoms with Crippen LogP contribution in [0.2, 0.25) is 0 Å². The number of aromatic amines is 1. The summed E-state index contributed by atoms with van der Waals surface area (Å²) in [5, 5.41) is 14.5. The van der Waals surface area contributed by atoms with E-state index in [0.717, 1.165) is 37.5 Å². The number of hydrogen-bond acceptors (Lipinski definition) is 8. The molecule has 0 atom stereocenters. The highest BCUT2D eigenvalue weighted by Gasteiger charge is 2.25. The van der Waals surface area contributed by atoms with Gasteiger partial charge < -0.3 is 23.8 Å². The van der Waals surface area contributed by atoms with E-state index in [2.05, 4.69) is 30.1 Å². The molecule has 3 aromatic heterocycles. The third kappa shape index (κ3) is 4.53. The number of benzene rings is 2. The van der Waals surface area contributed by atoms with E-state index in [-0.39, 0.29) is 17.2 Å². The van der Waals surface area contributed by atoms with Crippen LogP contribution in [0.3, 0.4) is 0 Å². The molecule has 4 heterocycles. The van der Waals surface area contributed by atoms with Crippen molar-refractivity contribution in [1.82, 2.24) is 19.9 Å². The molecule has 0 saturated carbocycles. The highest BCUT2D eigenvalue weighted by Crippen LogP contribution is 2.39. The van der Waals surface area contributed by atoms with Crippen LogP contribution >= 0.6 is 0 Å². The maximum absolute atomic E-state index is 14.1.